The molecular formula is C7H13N5O2. The first kappa shape index (κ1) is 10.6. The lowest BCUT2D eigenvalue weighted by molar-refractivity contribution is 0.0689. The van der Waals surface area contributed by atoms with Crippen molar-refractivity contribution in [3.63, 3.8) is 0 Å². The Bertz CT molecular complexity index is 322. The minimum Gasteiger partial charge on any atom is -0.476 e. The molecule has 0 fully saturated rings. The predicted molar refractivity (Wildman–Crippen MR) is 48.5 cm³/mol. The van der Waals surface area contributed by atoms with E-state index >= 15 is 0 Å². The first-order chi connectivity index (χ1) is 6.70. The molecule has 1 rings (SSSR count). The zero-order valence-corrected chi connectivity index (χ0v) is 7.68. The van der Waals surface area contributed by atoms with Crippen LogP contribution in [0.25, 0.3) is 0 Å². The van der Waals surface area contributed by atoms with Crippen molar-refractivity contribution in [3.8, 4) is 0 Å². The summed E-state index contributed by atoms with van der Waals surface area (Å²) in [5, 5.41) is 16.0. The first-order valence-electron chi connectivity index (χ1n) is 4.26. The smallest absolute Gasteiger partial charge is 0.358 e. The first-order valence-corrected chi connectivity index (χ1v) is 4.26. The van der Waals surface area contributed by atoms with Gasteiger partial charge in [0.15, 0.2) is 5.69 Å². The van der Waals surface area contributed by atoms with Crippen LogP contribution in [0.2, 0.25) is 0 Å². The fraction of sp³-hybridized carbons (Fsp3) is 0.571. The minimum absolute atomic E-state index is 0.0791. The molecule has 0 aromatic carbocycles. The molecule has 0 saturated heterocycles. The number of carboxylic acid groups (broad SMARTS) is 1. The molecule has 0 aliphatic carbocycles. The minimum atomic E-state index is -1.11. The molecule has 78 valence electrons. The van der Waals surface area contributed by atoms with E-state index in [1.165, 1.54) is 4.68 Å². The van der Waals surface area contributed by atoms with Crippen molar-refractivity contribution < 1.29 is 9.90 Å². The molecule has 14 heavy (non-hydrogen) atoms. The number of carbonyl (C=O) groups is 1. The maximum atomic E-state index is 10.7. The van der Waals surface area contributed by atoms with Crippen molar-refractivity contribution in [2.45, 2.75) is 19.5 Å². The maximum Gasteiger partial charge on any atom is 0.358 e. The van der Waals surface area contributed by atoms with Crippen molar-refractivity contribution in [1.29, 1.82) is 0 Å². The molecular weight excluding hydrogens is 186 g/mol. The maximum absolute atomic E-state index is 10.7. The summed E-state index contributed by atoms with van der Waals surface area (Å²) in [7, 11) is 0. The quantitative estimate of drug-likeness (QED) is 0.547. The van der Waals surface area contributed by atoms with Crippen molar-refractivity contribution >= 4 is 5.97 Å². The van der Waals surface area contributed by atoms with Crippen LogP contribution in [0.5, 0.6) is 0 Å². The van der Waals surface area contributed by atoms with Gasteiger partial charge in [-0.1, -0.05) is 5.21 Å². The third-order valence-electron chi connectivity index (χ3n) is 1.81. The fourth-order valence-corrected chi connectivity index (χ4v) is 1.12. The van der Waals surface area contributed by atoms with Gasteiger partial charge in [0.25, 0.3) is 0 Å². The summed E-state index contributed by atoms with van der Waals surface area (Å²) >= 11 is 0. The molecule has 0 bridgehead atoms. The van der Waals surface area contributed by atoms with Crippen LogP contribution in [-0.2, 0) is 13.1 Å². The zero-order chi connectivity index (χ0) is 10.6. The molecule has 0 amide bonds. The monoisotopic (exact) mass is 199 g/mol. The predicted octanol–water partition coefficient (Wildman–Crippen LogP) is -1.22. The van der Waals surface area contributed by atoms with Crippen LogP contribution in [0.4, 0.5) is 0 Å². The Morgan fingerprint density at radius 3 is 2.71 bits per heavy atom. The fourth-order valence-electron chi connectivity index (χ4n) is 1.12. The van der Waals surface area contributed by atoms with Crippen molar-refractivity contribution in [2.24, 2.45) is 11.5 Å². The van der Waals surface area contributed by atoms with E-state index in [9.17, 15) is 4.79 Å². The Labute approximate surface area is 80.7 Å². The largest absolute Gasteiger partial charge is 0.476 e. The Balaban J connectivity index is 2.89. The summed E-state index contributed by atoms with van der Waals surface area (Å²) in [5.74, 6) is -1.11. The molecule has 0 atom stereocenters. The van der Waals surface area contributed by atoms with E-state index in [4.69, 9.17) is 16.6 Å². The summed E-state index contributed by atoms with van der Waals surface area (Å²) in [6.07, 6.45) is 0.718. The van der Waals surface area contributed by atoms with Gasteiger partial charge in [-0.2, -0.15) is 0 Å². The Hall–Kier alpha value is -1.47. The third kappa shape index (κ3) is 2.06. The Kier molecular flexibility index (Phi) is 3.55. The number of aromatic nitrogens is 3. The second-order valence-corrected chi connectivity index (χ2v) is 2.76. The van der Waals surface area contributed by atoms with Crippen LogP contribution in [0.1, 0.15) is 22.6 Å². The second-order valence-electron chi connectivity index (χ2n) is 2.76. The molecule has 1 aromatic rings. The summed E-state index contributed by atoms with van der Waals surface area (Å²) in [6.45, 7) is 1.18. The molecule has 1 heterocycles. The van der Waals surface area contributed by atoms with E-state index in [1.54, 1.807) is 0 Å². The highest BCUT2D eigenvalue weighted by Crippen LogP contribution is 2.04. The van der Waals surface area contributed by atoms with Gasteiger partial charge in [-0.05, 0) is 13.0 Å². The van der Waals surface area contributed by atoms with Gasteiger partial charge in [-0.15, -0.1) is 5.10 Å². The lowest BCUT2D eigenvalue weighted by Crippen LogP contribution is -2.14. The number of nitrogens with two attached hydrogens (primary N) is 2. The van der Waals surface area contributed by atoms with E-state index in [1.807, 2.05) is 0 Å². The summed E-state index contributed by atoms with van der Waals surface area (Å²) < 4.78 is 1.48. The van der Waals surface area contributed by atoms with Crippen LogP contribution in [-0.4, -0.2) is 32.6 Å². The number of rotatable bonds is 5. The standard InChI is InChI=1S/C7H13N5O2/c8-2-1-3-12-5(4-9)6(7(13)14)10-11-12/h1-4,8-9H2,(H,13,14). The Morgan fingerprint density at radius 2 is 2.21 bits per heavy atom. The van der Waals surface area contributed by atoms with Crippen molar-refractivity contribution in [2.75, 3.05) is 6.54 Å². The number of carboxylic acids is 1. The molecule has 0 aliphatic heterocycles. The van der Waals surface area contributed by atoms with E-state index in [-0.39, 0.29) is 12.2 Å². The molecule has 0 spiro atoms. The van der Waals surface area contributed by atoms with Crippen LogP contribution in [0, 0.1) is 0 Å². The van der Waals surface area contributed by atoms with E-state index in [0.717, 1.165) is 6.42 Å². The topological polar surface area (TPSA) is 120 Å². The van der Waals surface area contributed by atoms with E-state index < -0.39 is 5.97 Å². The van der Waals surface area contributed by atoms with Crippen LogP contribution in [0.3, 0.4) is 0 Å². The van der Waals surface area contributed by atoms with Crippen molar-refractivity contribution in [3.05, 3.63) is 11.4 Å². The number of aromatic carboxylic acids is 1. The molecule has 0 unspecified atom stereocenters. The number of nitrogens with zero attached hydrogens (tertiary/aromatic N) is 3. The van der Waals surface area contributed by atoms with Crippen LogP contribution < -0.4 is 11.5 Å². The lowest BCUT2D eigenvalue weighted by atomic mass is 10.3. The van der Waals surface area contributed by atoms with E-state index in [0.29, 0.717) is 18.8 Å². The van der Waals surface area contributed by atoms with Crippen LogP contribution in [0.15, 0.2) is 0 Å². The zero-order valence-electron chi connectivity index (χ0n) is 7.68. The third-order valence-corrected chi connectivity index (χ3v) is 1.81. The normalized spacial score (nSPS) is 10.4. The summed E-state index contributed by atoms with van der Waals surface area (Å²) in [6, 6.07) is 0. The summed E-state index contributed by atoms with van der Waals surface area (Å²) in [5.41, 5.74) is 11.1. The van der Waals surface area contributed by atoms with Crippen LogP contribution >= 0.6 is 0 Å². The number of hydrogen-bond donors (Lipinski definition) is 3. The molecule has 7 nitrogen and oxygen atoms in total. The van der Waals surface area contributed by atoms with Gasteiger partial charge in [0, 0.05) is 13.1 Å². The number of hydrogen-bond acceptors (Lipinski definition) is 5. The highest BCUT2D eigenvalue weighted by atomic mass is 16.4. The van der Waals surface area contributed by atoms with E-state index in [2.05, 4.69) is 10.3 Å². The molecule has 7 heteroatoms. The highest BCUT2D eigenvalue weighted by molar-refractivity contribution is 5.86. The van der Waals surface area contributed by atoms with Gasteiger partial charge < -0.3 is 16.6 Å². The number of aryl methyl sites for hydroxylation is 1. The van der Waals surface area contributed by atoms with Gasteiger partial charge >= 0.3 is 5.97 Å². The molecule has 1 aromatic heterocycles. The van der Waals surface area contributed by atoms with Gasteiger partial charge in [0.2, 0.25) is 0 Å². The molecule has 0 aliphatic rings. The molecule has 0 saturated carbocycles. The average molecular weight is 199 g/mol. The van der Waals surface area contributed by atoms with Gasteiger partial charge in [-0.25, -0.2) is 9.48 Å². The van der Waals surface area contributed by atoms with Gasteiger partial charge in [0.1, 0.15) is 0 Å². The molecule has 0 radical (unpaired) electrons. The Morgan fingerprint density at radius 1 is 1.50 bits per heavy atom. The van der Waals surface area contributed by atoms with Gasteiger partial charge in [-0.3, -0.25) is 0 Å². The second kappa shape index (κ2) is 4.68. The van der Waals surface area contributed by atoms with Crippen molar-refractivity contribution in [1.82, 2.24) is 15.0 Å². The molecule has 5 N–H and O–H groups in total. The highest BCUT2D eigenvalue weighted by Gasteiger charge is 2.16. The summed E-state index contributed by atoms with van der Waals surface area (Å²) in [4.78, 5) is 10.7. The average Bonchev–Trinajstić information content (AvgIpc) is 2.57. The SMILES string of the molecule is NCCCn1nnc(C(=O)O)c1CN. The lowest BCUT2D eigenvalue weighted by Gasteiger charge is -2.02. The van der Waals surface area contributed by atoms with Gasteiger partial charge in [0.05, 0.1) is 5.69 Å².